The van der Waals surface area contributed by atoms with Crippen molar-refractivity contribution in [3.05, 3.63) is 39.7 Å². The number of rotatable bonds is 3. The number of hydrogen-bond acceptors (Lipinski definition) is 6. The molecule has 1 aliphatic heterocycles. The first kappa shape index (κ1) is 16.7. The van der Waals surface area contributed by atoms with Gasteiger partial charge in [-0.15, -0.1) is 0 Å². The number of ether oxygens (including phenoxy) is 1. The lowest BCUT2D eigenvalue weighted by Crippen LogP contribution is -2.27. The molecule has 4 heterocycles. The average Bonchev–Trinajstić information content (AvgIpc) is 3.19. The zero-order chi connectivity index (χ0) is 18.5. The Morgan fingerprint density at radius 2 is 1.89 bits per heavy atom. The predicted molar refractivity (Wildman–Crippen MR) is 97.9 cm³/mol. The highest BCUT2D eigenvalue weighted by Crippen LogP contribution is 2.47. The van der Waals surface area contributed by atoms with Gasteiger partial charge < -0.3 is 14.1 Å². The van der Waals surface area contributed by atoms with Crippen LogP contribution in [0.3, 0.4) is 0 Å². The SMILES string of the molecule is Cc1nc([C@H]2CC[C@H]2c2nc3c(cnn3C3CCOCC3)c(=O)[nH]2)oc1C. The molecule has 2 aliphatic rings. The van der Waals surface area contributed by atoms with Crippen molar-refractivity contribution in [2.45, 2.75) is 57.4 Å². The van der Waals surface area contributed by atoms with E-state index in [9.17, 15) is 4.79 Å². The lowest BCUT2D eigenvalue weighted by Gasteiger charge is -2.33. The summed E-state index contributed by atoms with van der Waals surface area (Å²) in [5.41, 5.74) is 1.47. The fourth-order valence-corrected chi connectivity index (χ4v) is 4.10. The summed E-state index contributed by atoms with van der Waals surface area (Å²) >= 11 is 0. The van der Waals surface area contributed by atoms with Gasteiger partial charge in [-0.2, -0.15) is 5.10 Å². The zero-order valence-corrected chi connectivity index (χ0v) is 15.6. The monoisotopic (exact) mass is 369 g/mol. The molecule has 8 nitrogen and oxygen atoms in total. The van der Waals surface area contributed by atoms with Crippen LogP contribution >= 0.6 is 0 Å². The molecule has 0 radical (unpaired) electrons. The van der Waals surface area contributed by atoms with Crippen LogP contribution in [-0.2, 0) is 4.74 Å². The van der Waals surface area contributed by atoms with Gasteiger partial charge in [-0.05, 0) is 39.5 Å². The molecule has 1 saturated heterocycles. The highest BCUT2D eigenvalue weighted by molar-refractivity contribution is 5.73. The molecule has 0 spiro atoms. The van der Waals surface area contributed by atoms with E-state index in [2.05, 4.69) is 15.1 Å². The number of oxazole rings is 1. The molecule has 142 valence electrons. The van der Waals surface area contributed by atoms with Gasteiger partial charge in [-0.25, -0.2) is 14.6 Å². The first-order valence-corrected chi connectivity index (χ1v) is 9.61. The minimum absolute atomic E-state index is 0.123. The van der Waals surface area contributed by atoms with Gasteiger partial charge in [0.25, 0.3) is 5.56 Å². The smallest absolute Gasteiger partial charge is 0.262 e. The molecule has 0 unspecified atom stereocenters. The van der Waals surface area contributed by atoms with E-state index in [1.54, 1.807) is 6.20 Å². The van der Waals surface area contributed by atoms with E-state index < -0.39 is 0 Å². The maximum absolute atomic E-state index is 12.6. The summed E-state index contributed by atoms with van der Waals surface area (Å²) < 4.78 is 13.2. The van der Waals surface area contributed by atoms with Crippen LogP contribution in [0.4, 0.5) is 0 Å². The molecule has 0 bridgehead atoms. The van der Waals surface area contributed by atoms with E-state index in [0.717, 1.165) is 56.2 Å². The van der Waals surface area contributed by atoms with Crippen molar-refractivity contribution in [1.29, 1.82) is 0 Å². The summed E-state index contributed by atoms with van der Waals surface area (Å²) in [5, 5.41) is 5.01. The van der Waals surface area contributed by atoms with Crippen molar-refractivity contribution >= 4 is 11.0 Å². The van der Waals surface area contributed by atoms with E-state index in [4.69, 9.17) is 14.1 Å². The molecule has 3 aromatic rings. The fourth-order valence-electron chi connectivity index (χ4n) is 4.10. The van der Waals surface area contributed by atoms with Crippen LogP contribution in [-0.4, -0.2) is 37.9 Å². The average molecular weight is 369 g/mol. The van der Waals surface area contributed by atoms with Gasteiger partial charge in [0.2, 0.25) is 0 Å². The topological polar surface area (TPSA) is 98.8 Å². The second kappa shape index (κ2) is 6.30. The standard InChI is InChI=1S/C19H23N5O3/c1-10-11(2)27-19(21-10)14-4-3-13(14)16-22-17-15(18(25)23-16)9-20-24(17)12-5-7-26-8-6-12/h9,12-14H,3-8H2,1-2H3,(H,22,23,25)/t13-,14+/m1/s1. The van der Waals surface area contributed by atoms with E-state index in [0.29, 0.717) is 16.9 Å². The Bertz CT molecular complexity index is 1020. The molecule has 5 rings (SSSR count). The third-order valence-corrected chi connectivity index (χ3v) is 6.01. The normalized spacial score (nSPS) is 23.6. The molecule has 2 atom stereocenters. The summed E-state index contributed by atoms with van der Waals surface area (Å²) in [4.78, 5) is 25.0. The molecule has 1 aliphatic carbocycles. The van der Waals surface area contributed by atoms with Crippen LogP contribution in [0.2, 0.25) is 0 Å². The van der Waals surface area contributed by atoms with Gasteiger partial charge in [-0.3, -0.25) is 4.79 Å². The lowest BCUT2D eigenvalue weighted by atomic mass is 9.73. The number of aryl methyl sites for hydroxylation is 2. The van der Waals surface area contributed by atoms with Gasteiger partial charge >= 0.3 is 0 Å². The molecule has 3 aromatic heterocycles. The third kappa shape index (κ3) is 2.70. The van der Waals surface area contributed by atoms with Crippen LogP contribution in [0.5, 0.6) is 0 Å². The number of nitrogens with zero attached hydrogens (tertiary/aromatic N) is 4. The summed E-state index contributed by atoms with van der Waals surface area (Å²) in [6.07, 6.45) is 5.36. The number of fused-ring (bicyclic) bond motifs is 1. The Kier molecular flexibility index (Phi) is 3.89. The van der Waals surface area contributed by atoms with Crippen LogP contribution in [0, 0.1) is 13.8 Å². The van der Waals surface area contributed by atoms with Gasteiger partial charge in [0.15, 0.2) is 11.5 Å². The second-order valence-electron chi connectivity index (χ2n) is 7.61. The number of H-pyrrole nitrogens is 1. The van der Waals surface area contributed by atoms with Crippen molar-refractivity contribution in [2.75, 3.05) is 13.2 Å². The Labute approximate surface area is 156 Å². The van der Waals surface area contributed by atoms with Gasteiger partial charge in [0.1, 0.15) is 17.0 Å². The third-order valence-electron chi connectivity index (χ3n) is 6.01. The largest absolute Gasteiger partial charge is 0.445 e. The maximum atomic E-state index is 12.6. The molecule has 0 amide bonds. The molecule has 2 fully saturated rings. The van der Waals surface area contributed by atoms with Crippen molar-refractivity contribution in [1.82, 2.24) is 24.7 Å². The van der Waals surface area contributed by atoms with Crippen molar-refractivity contribution in [2.24, 2.45) is 0 Å². The van der Waals surface area contributed by atoms with Crippen LogP contribution in [0.1, 0.15) is 66.7 Å². The van der Waals surface area contributed by atoms with Gasteiger partial charge in [0.05, 0.1) is 17.9 Å². The number of nitrogens with one attached hydrogen (secondary N) is 1. The minimum atomic E-state index is -0.126. The van der Waals surface area contributed by atoms with Crippen molar-refractivity contribution in [3.8, 4) is 0 Å². The van der Waals surface area contributed by atoms with Gasteiger partial charge in [-0.1, -0.05) is 0 Å². The summed E-state index contributed by atoms with van der Waals surface area (Å²) in [5.74, 6) is 2.60. The van der Waals surface area contributed by atoms with Crippen molar-refractivity contribution < 1.29 is 9.15 Å². The maximum Gasteiger partial charge on any atom is 0.262 e. The number of hydrogen-bond donors (Lipinski definition) is 1. The van der Waals surface area contributed by atoms with Crippen LogP contribution in [0.15, 0.2) is 15.4 Å². The van der Waals surface area contributed by atoms with E-state index >= 15 is 0 Å². The van der Waals surface area contributed by atoms with Crippen molar-refractivity contribution in [3.63, 3.8) is 0 Å². The first-order valence-electron chi connectivity index (χ1n) is 9.61. The minimum Gasteiger partial charge on any atom is -0.445 e. The summed E-state index contributed by atoms with van der Waals surface area (Å²) in [6, 6.07) is 0.229. The van der Waals surface area contributed by atoms with Crippen LogP contribution in [0.25, 0.3) is 11.0 Å². The van der Waals surface area contributed by atoms with E-state index in [1.807, 2.05) is 18.5 Å². The Morgan fingerprint density at radius 3 is 2.56 bits per heavy atom. The predicted octanol–water partition coefficient (Wildman–Crippen LogP) is 2.74. The van der Waals surface area contributed by atoms with E-state index in [1.165, 1.54) is 0 Å². The number of aromatic nitrogens is 5. The molecular formula is C19H23N5O3. The molecule has 27 heavy (non-hydrogen) atoms. The van der Waals surface area contributed by atoms with Gasteiger partial charge in [0, 0.05) is 25.0 Å². The zero-order valence-electron chi connectivity index (χ0n) is 15.6. The Hall–Kier alpha value is -2.48. The summed E-state index contributed by atoms with van der Waals surface area (Å²) in [7, 11) is 0. The Balaban J connectivity index is 1.52. The first-order chi connectivity index (χ1) is 13.1. The van der Waals surface area contributed by atoms with Crippen LogP contribution < -0.4 is 5.56 Å². The molecule has 8 heteroatoms. The Morgan fingerprint density at radius 1 is 1.11 bits per heavy atom. The second-order valence-corrected chi connectivity index (χ2v) is 7.61. The van der Waals surface area contributed by atoms with E-state index in [-0.39, 0.29) is 23.4 Å². The highest BCUT2D eigenvalue weighted by atomic mass is 16.5. The highest BCUT2D eigenvalue weighted by Gasteiger charge is 2.39. The molecule has 1 saturated carbocycles. The summed E-state index contributed by atoms with van der Waals surface area (Å²) in [6.45, 7) is 5.32. The number of aromatic amines is 1. The molecular weight excluding hydrogens is 346 g/mol. The quantitative estimate of drug-likeness (QED) is 0.762. The molecule has 1 N–H and O–H groups in total. The molecule has 0 aromatic carbocycles. The fraction of sp³-hybridized carbons (Fsp3) is 0.579. The lowest BCUT2D eigenvalue weighted by molar-refractivity contribution is 0.0673.